The normalized spacial score (nSPS) is 22.3. The number of ether oxygens (including phenoxy) is 1. The SMILES string of the molecule is CN1CCC(Oc2ccc(NC(=O)NC[C@@H]3CCCN3)cc2)CC1. The highest BCUT2D eigenvalue weighted by atomic mass is 16.5. The van der Waals surface area contributed by atoms with Crippen molar-refractivity contribution in [1.29, 1.82) is 0 Å². The first-order valence-corrected chi connectivity index (χ1v) is 8.92. The van der Waals surface area contributed by atoms with Crippen LogP contribution >= 0.6 is 0 Å². The molecule has 2 amide bonds. The van der Waals surface area contributed by atoms with E-state index in [-0.39, 0.29) is 6.03 Å². The third-order valence-corrected chi connectivity index (χ3v) is 4.75. The lowest BCUT2D eigenvalue weighted by atomic mass is 10.1. The molecule has 0 radical (unpaired) electrons. The number of benzene rings is 1. The Kier molecular flexibility index (Phi) is 5.93. The molecule has 0 aromatic heterocycles. The van der Waals surface area contributed by atoms with Crippen molar-refractivity contribution in [3.63, 3.8) is 0 Å². The van der Waals surface area contributed by atoms with E-state index < -0.39 is 0 Å². The van der Waals surface area contributed by atoms with E-state index >= 15 is 0 Å². The van der Waals surface area contributed by atoms with E-state index in [0.717, 1.165) is 50.3 Å². The molecule has 3 N–H and O–H groups in total. The summed E-state index contributed by atoms with van der Waals surface area (Å²) in [7, 11) is 2.14. The van der Waals surface area contributed by atoms with Crippen LogP contribution in [0.4, 0.5) is 10.5 Å². The van der Waals surface area contributed by atoms with Crippen molar-refractivity contribution < 1.29 is 9.53 Å². The number of nitrogens with zero attached hydrogens (tertiary/aromatic N) is 1. The van der Waals surface area contributed by atoms with Crippen LogP contribution in [0.3, 0.4) is 0 Å². The highest BCUT2D eigenvalue weighted by Gasteiger charge is 2.18. The molecule has 0 aliphatic carbocycles. The van der Waals surface area contributed by atoms with Crippen molar-refractivity contribution in [3.05, 3.63) is 24.3 Å². The minimum absolute atomic E-state index is 0.160. The van der Waals surface area contributed by atoms with Gasteiger partial charge in [0.1, 0.15) is 11.9 Å². The summed E-state index contributed by atoms with van der Waals surface area (Å²) in [6.07, 6.45) is 4.74. The molecule has 0 unspecified atom stereocenters. The Bertz CT molecular complexity index is 520. The minimum atomic E-state index is -0.160. The number of carbonyl (C=O) groups is 1. The second-order valence-corrected chi connectivity index (χ2v) is 6.77. The van der Waals surface area contributed by atoms with Crippen molar-refractivity contribution in [2.75, 3.05) is 38.5 Å². The van der Waals surface area contributed by atoms with Crippen LogP contribution in [0.1, 0.15) is 25.7 Å². The molecule has 132 valence electrons. The molecule has 1 aromatic rings. The van der Waals surface area contributed by atoms with Gasteiger partial charge in [0.05, 0.1) is 0 Å². The van der Waals surface area contributed by atoms with Gasteiger partial charge in [0, 0.05) is 31.4 Å². The Morgan fingerprint density at radius 1 is 1.25 bits per heavy atom. The molecule has 0 spiro atoms. The Labute approximate surface area is 143 Å². The van der Waals surface area contributed by atoms with Gasteiger partial charge in [-0.25, -0.2) is 4.79 Å². The number of amides is 2. The topological polar surface area (TPSA) is 65.6 Å². The van der Waals surface area contributed by atoms with E-state index in [1.54, 1.807) is 0 Å². The molecule has 1 aromatic carbocycles. The van der Waals surface area contributed by atoms with Crippen molar-refractivity contribution in [2.45, 2.75) is 37.8 Å². The quantitative estimate of drug-likeness (QED) is 0.772. The molecule has 6 nitrogen and oxygen atoms in total. The largest absolute Gasteiger partial charge is 0.490 e. The van der Waals surface area contributed by atoms with Crippen molar-refractivity contribution in [2.24, 2.45) is 0 Å². The molecular weight excluding hydrogens is 304 g/mol. The van der Waals surface area contributed by atoms with Gasteiger partial charge in [0.15, 0.2) is 0 Å². The zero-order valence-corrected chi connectivity index (χ0v) is 14.4. The van der Waals surface area contributed by atoms with Crippen molar-refractivity contribution >= 4 is 11.7 Å². The molecule has 2 saturated heterocycles. The van der Waals surface area contributed by atoms with Gasteiger partial charge in [0.25, 0.3) is 0 Å². The van der Waals surface area contributed by atoms with E-state index in [0.29, 0.717) is 18.7 Å². The second-order valence-electron chi connectivity index (χ2n) is 6.77. The third-order valence-electron chi connectivity index (χ3n) is 4.75. The lowest BCUT2D eigenvalue weighted by Gasteiger charge is -2.29. The number of urea groups is 1. The zero-order valence-electron chi connectivity index (χ0n) is 14.4. The first kappa shape index (κ1) is 17.0. The average Bonchev–Trinajstić information content (AvgIpc) is 3.10. The summed E-state index contributed by atoms with van der Waals surface area (Å²) in [4.78, 5) is 14.2. The van der Waals surface area contributed by atoms with Crippen LogP contribution in [0.2, 0.25) is 0 Å². The Morgan fingerprint density at radius 3 is 2.67 bits per heavy atom. The number of rotatable bonds is 5. The van der Waals surface area contributed by atoms with E-state index in [1.807, 2.05) is 24.3 Å². The van der Waals surface area contributed by atoms with Gasteiger partial charge in [-0.1, -0.05) is 0 Å². The molecule has 2 aliphatic heterocycles. The average molecular weight is 332 g/mol. The molecule has 2 heterocycles. The third kappa shape index (κ3) is 5.11. The lowest BCUT2D eigenvalue weighted by Crippen LogP contribution is -2.39. The zero-order chi connectivity index (χ0) is 16.8. The number of hydrogen-bond donors (Lipinski definition) is 3. The monoisotopic (exact) mass is 332 g/mol. The summed E-state index contributed by atoms with van der Waals surface area (Å²) in [6, 6.07) is 7.86. The van der Waals surface area contributed by atoms with Gasteiger partial charge in [-0.05, 0) is 63.5 Å². The molecule has 1 atom stereocenters. The molecule has 0 saturated carbocycles. The van der Waals surface area contributed by atoms with Gasteiger partial charge in [-0.3, -0.25) is 0 Å². The minimum Gasteiger partial charge on any atom is -0.490 e. The maximum absolute atomic E-state index is 11.9. The van der Waals surface area contributed by atoms with Crippen LogP contribution in [0.5, 0.6) is 5.75 Å². The lowest BCUT2D eigenvalue weighted by molar-refractivity contribution is 0.114. The fraction of sp³-hybridized carbons (Fsp3) is 0.611. The number of anilines is 1. The summed E-state index contributed by atoms with van der Waals surface area (Å²) in [5.41, 5.74) is 0.780. The maximum atomic E-state index is 11.9. The van der Waals surface area contributed by atoms with Crippen LogP contribution in [-0.2, 0) is 0 Å². The standard InChI is InChI=1S/C18H28N4O2/c1-22-11-8-17(9-12-22)24-16-6-4-14(5-7-16)21-18(23)20-13-15-3-2-10-19-15/h4-7,15,17,19H,2-3,8-13H2,1H3,(H2,20,21,23)/t15-/m0/s1. The highest BCUT2D eigenvalue weighted by molar-refractivity contribution is 5.89. The molecule has 24 heavy (non-hydrogen) atoms. The highest BCUT2D eigenvalue weighted by Crippen LogP contribution is 2.20. The van der Waals surface area contributed by atoms with Crippen LogP contribution in [0.25, 0.3) is 0 Å². The Morgan fingerprint density at radius 2 is 2.00 bits per heavy atom. The molecule has 3 rings (SSSR count). The van der Waals surface area contributed by atoms with E-state index in [9.17, 15) is 4.79 Å². The van der Waals surface area contributed by atoms with Crippen molar-refractivity contribution in [3.8, 4) is 5.75 Å². The van der Waals surface area contributed by atoms with E-state index in [4.69, 9.17) is 4.74 Å². The Hall–Kier alpha value is -1.79. The van der Waals surface area contributed by atoms with Crippen LogP contribution in [0.15, 0.2) is 24.3 Å². The van der Waals surface area contributed by atoms with Gasteiger partial charge < -0.3 is 25.6 Å². The van der Waals surface area contributed by atoms with Gasteiger partial charge in [-0.15, -0.1) is 0 Å². The predicted octanol–water partition coefficient (Wildman–Crippen LogP) is 2.03. The molecule has 6 heteroatoms. The van der Waals surface area contributed by atoms with Crippen molar-refractivity contribution in [1.82, 2.24) is 15.5 Å². The fourth-order valence-corrected chi connectivity index (χ4v) is 3.23. The Balaban J connectivity index is 1.41. The summed E-state index contributed by atoms with van der Waals surface area (Å²) in [6.45, 7) is 3.89. The van der Waals surface area contributed by atoms with Crippen LogP contribution < -0.4 is 20.7 Å². The first-order valence-electron chi connectivity index (χ1n) is 8.92. The summed E-state index contributed by atoms with van der Waals surface area (Å²) < 4.78 is 6.02. The number of hydrogen-bond acceptors (Lipinski definition) is 4. The van der Waals surface area contributed by atoms with Crippen LogP contribution in [-0.4, -0.2) is 56.3 Å². The van der Waals surface area contributed by atoms with Gasteiger partial charge >= 0.3 is 6.03 Å². The summed E-state index contributed by atoms with van der Waals surface area (Å²) >= 11 is 0. The molecule has 2 aliphatic rings. The summed E-state index contributed by atoms with van der Waals surface area (Å²) in [5.74, 6) is 0.866. The first-order chi connectivity index (χ1) is 11.7. The molecule has 2 fully saturated rings. The molecular formula is C18H28N4O2. The number of carbonyl (C=O) groups excluding carboxylic acids is 1. The maximum Gasteiger partial charge on any atom is 0.319 e. The predicted molar refractivity (Wildman–Crippen MR) is 95.6 cm³/mol. The van der Waals surface area contributed by atoms with E-state index in [2.05, 4.69) is 27.9 Å². The van der Waals surface area contributed by atoms with Gasteiger partial charge in [-0.2, -0.15) is 0 Å². The number of piperidine rings is 1. The van der Waals surface area contributed by atoms with Crippen LogP contribution in [0, 0.1) is 0 Å². The van der Waals surface area contributed by atoms with Gasteiger partial charge in [0.2, 0.25) is 0 Å². The van der Waals surface area contributed by atoms with E-state index in [1.165, 1.54) is 6.42 Å². The molecule has 0 bridgehead atoms. The second kappa shape index (κ2) is 8.35. The smallest absolute Gasteiger partial charge is 0.319 e. The number of likely N-dealkylation sites (tertiary alicyclic amines) is 1. The number of nitrogens with one attached hydrogen (secondary N) is 3. The fourth-order valence-electron chi connectivity index (χ4n) is 3.23. The summed E-state index contributed by atoms with van der Waals surface area (Å²) in [5, 5.41) is 9.13.